The Morgan fingerprint density at radius 2 is 1.96 bits per heavy atom. The summed E-state index contributed by atoms with van der Waals surface area (Å²) < 4.78 is 14.1. The molecule has 1 atom stereocenters. The molecule has 6 heteroatoms. The number of nitrogens with one attached hydrogen (secondary N) is 2. The van der Waals surface area contributed by atoms with E-state index in [-0.39, 0.29) is 36.5 Å². The summed E-state index contributed by atoms with van der Waals surface area (Å²) in [5.41, 5.74) is 2.49. The van der Waals surface area contributed by atoms with Crippen molar-refractivity contribution < 1.29 is 14.0 Å². The van der Waals surface area contributed by atoms with Crippen molar-refractivity contribution in [3.8, 4) is 0 Å². The van der Waals surface area contributed by atoms with Crippen LogP contribution in [-0.4, -0.2) is 18.4 Å². The molecule has 0 aromatic heterocycles. The minimum atomic E-state index is -0.311. The van der Waals surface area contributed by atoms with Crippen LogP contribution >= 0.6 is 15.9 Å². The van der Waals surface area contributed by atoms with Crippen LogP contribution in [0, 0.1) is 18.7 Å². The number of aryl methyl sites for hydroxylation is 1. The number of anilines is 1. The normalized spacial score (nSPS) is 11.7. The van der Waals surface area contributed by atoms with E-state index in [9.17, 15) is 14.0 Å². The van der Waals surface area contributed by atoms with Crippen molar-refractivity contribution in [2.45, 2.75) is 26.7 Å². The van der Waals surface area contributed by atoms with Gasteiger partial charge in [0.2, 0.25) is 11.8 Å². The molecule has 0 spiro atoms. The third kappa shape index (κ3) is 6.26. The zero-order valence-electron chi connectivity index (χ0n) is 14.8. The van der Waals surface area contributed by atoms with Crippen LogP contribution in [0.1, 0.15) is 24.5 Å². The Labute approximate surface area is 161 Å². The lowest BCUT2D eigenvalue weighted by Gasteiger charge is -2.13. The topological polar surface area (TPSA) is 58.2 Å². The SMILES string of the molecule is Cc1ccc(Br)cc1NC(=O)CCNC(=O)C(C)Cc1cccc(F)c1. The number of halogens is 2. The average Bonchev–Trinajstić information content (AvgIpc) is 2.58. The van der Waals surface area contributed by atoms with Gasteiger partial charge in [-0.3, -0.25) is 9.59 Å². The van der Waals surface area contributed by atoms with Gasteiger partial charge in [-0.2, -0.15) is 0 Å². The van der Waals surface area contributed by atoms with E-state index in [4.69, 9.17) is 0 Å². The van der Waals surface area contributed by atoms with Crippen molar-refractivity contribution in [2.24, 2.45) is 5.92 Å². The first kappa shape index (κ1) is 20.1. The van der Waals surface area contributed by atoms with Gasteiger partial charge in [0.25, 0.3) is 0 Å². The number of hydrogen-bond acceptors (Lipinski definition) is 2. The number of carbonyl (C=O) groups is 2. The smallest absolute Gasteiger partial charge is 0.226 e. The van der Waals surface area contributed by atoms with Crippen molar-refractivity contribution in [3.05, 3.63) is 63.9 Å². The van der Waals surface area contributed by atoms with Crippen molar-refractivity contribution in [1.82, 2.24) is 5.32 Å². The largest absolute Gasteiger partial charge is 0.355 e. The fourth-order valence-corrected chi connectivity index (χ4v) is 2.89. The highest BCUT2D eigenvalue weighted by Gasteiger charge is 2.14. The van der Waals surface area contributed by atoms with Crippen LogP contribution in [-0.2, 0) is 16.0 Å². The van der Waals surface area contributed by atoms with E-state index in [0.717, 1.165) is 21.3 Å². The summed E-state index contributed by atoms with van der Waals surface area (Å²) in [7, 11) is 0. The maximum Gasteiger partial charge on any atom is 0.226 e. The molecule has 138 valence electrons. The molecular weight excluding hydrogens is 399 g/mol. The molecule has 0 fully saturated rings. The Balaban J connectivity index is 1.76. The van der Waals surface area contributed by atoms with E-state index in [2.05, 4.69) is 26.6 Å². The Bertz CT molecular complexity index is 795. The van der Waals surface area contributed by atoms with Gasteiger partial charge in [0.05, 0.1) is 0 Å². The van der Waals surface area contributed by atoms with Gasteiger partial charge in [-0.1, -0.05) is 41.1 Å². The second-order valence-corrected chi connectivity index (χ2v) is 7.20. The van der Waals surface area contributed by atoms with E-state index in [1.165, 1.54) is 12.1 Å². The Kier molecular flexibility index (Phi) is 7.33. The van der Waals surface area contributed by atoms with Crippen LogP contribution in [0.3, 0.4) is 0 Å². The molecule has 2 aromatic carbocycles. The second kappa shape index (κ2) is 9.48. The highest BCUT2D eigenvalue weighted by molar-refractivity contribution is 9.10. The fourth-order valence-electron chi connectivity index (χ4n) is 2.53. The molecule has 0 radical (unpaired) electrons. The number of rotatable bonds is 7. The third-order valence-electron chi connectivity index (χ3n) is 4.00. The molecule has 0 bridgehead atoms. The number of hydrogen-bond donors (Lipinski definition) is 2. The molecule has 0 saturated carbocycles. The highest BCUT2D eigenvalue weighted by atomic mass is 79.9. The molecule has 0 heterocycles. The number of benzene rings is 2. The van der Waals surface area contributed by atoms with Crippen molar-refractivity contribution in [2.75, 3.05) is 11.9 Å². The fraction of sp³-hybridized carbons (Fsp3) is 0.300. The van der Waals surface area contributed by atoms with E-state index in [0.29, 0.717) is 6.42 Å². The molecule has 2 aromatic rings. The molecule has 0 aliphatic heterocycles. The van der Waals surface area contributed by atoms with Crippen LogP contribution in [0.2, 0.25) is 0 Å². The maximum absolute atomic E-state index is 13.2. The predicted octanol–water partition coefficient (Wildman–Crippen LogP) is 4.22. The first-order valence-corrected chi connectivity index (χ1v) is 9.22. The predicted molar refractivity (Wildman–Crippen MR) is 104 cm³/mol. The van der Waals surface area contributed by atoms with E-state index >= 15 is 0 Å². The van der Waals surface area contributed by atoms with Gasteiger partial charge in [-0.25, -0.2) is 4.39 Å². The van der Waals surface area contributed by atoms with Gasteiger partial charge in [-0.15, -0.1) is 0 Å². The first-order valence-electron chi connectivity index (χ1n) is 8.43. The summed E-state index contributed by atoms with van der Waals surface area (Å²) >= 11 is 3.37. The molecule has 2 amide bonds. The minimum Gasteiger partial charge on any atom is -0.355 e. The van der Waals surface area contributed by atoms with Gasteiger partial charge in [0.15, 0.2) is 0 Å². The van der Waals surface area contributed by atoms with Gasteiger partial charge in [-0.05, 0) is 48.7 Å². The zero-order valence-corrected chi connectivity index (χ0v) is 16.4. The second-order valence-electron chi connectivity index (χ2n) is 6.28. The molecule has 4 nitrogen and oxygen atoms in total. The van der Waals surface area contributed by atoms with Crippen molar-refractivity contribution in [3.63, 3.8) is 0 Å². The summed E-state index contributed by atoms with van der Waals surface area (Å²) in [6.07, 6.45) is 0.636. The van der Waals surface area contributed by atoms with Crippen molar-refractivity contribution >= 4 is 33.4 Å². The van der Waals surface area contributed by atoms with E-state index < -0.39 is 0 Å². The monoisotopic (exact) mass is 420 g/mol. The minimum absolute atomic E-state index is 0.152. The number of carbonyl (C=O) groups excluding carboxylic acids is 2. The lowest BCUT2D eigenvalue weighted by Crippen LogP contribution is -2.32. The molecular formula is C20H22BrFN2O2. The first-order chi connectivity index (χ1) is 12.3. The summed E-state index contributed by atoms with van der Waals surface area (Å²) in [6.45, 7) is 3.95. The maximum atomic E-state index is 13.2. The lowest BCUT2D eigenvalue weighted by molar-refractivity contribution is -0.124. The van der Waals surface area contributed by atoms with Gasteiger partial charge >= 0.3 is 0 Å². The van der Waals surface area contributed by atoms with Crippen LogP contribution < -0.4 is 10.6 Å². The molecule has 26 heavy (non-hydrogen) atoms. The van der Waals surface area contributed by atoms with Crippen LogP contribution in [0.4, 0.5) is 10.1 Å². The molecule has 1 unspecified atom stereocenters. The molecule has 2 rings (SSSR count). The van der Waals surface area contributed by atoms with E-state index in [1.807, 2.05) is 25.1 Å². The summed E-state index contributed by atoms with van der Waals surface area (Å²) in [5.74, 6) is -0.924. The zero-order chi connectivity index (χ0) is 19.1. The summed E-state index contributed by atoms with van der Waals surface area (Å²) in [5, 5.41) is 5.60. The molecule has 0 aliphatic carbocycles. The van der Waals surface area contributed by atoms with Crippen LogP contribution in [0.5, 0.6) is 0 Å². The Morgan fingerprint density at radius 3 is 2.69 bits per heavy atom. The van der Waals surface area contributed by atoms with Crippen LogP contribution in [0.15, 0.2) is 46.9 Å². The number of amides is 2. The van der Waals surface area contributed by atoms with Crippen LogP contribution in [0.25, 0.3) is 0 Å². The van der Waals surface area contributed by atoms with Crippen molar-refractivity contribution in [1.29, 1.82) is 0 Å². The van der Waals surface area contributed by atoms with Gasteiger partial charge in [0, 0.05) is 29.0 Å². The molecule has 0 saturated heterocycles. The lowest BCUT2D eigenvalue weighted by atomic mass is 10.0. The quantitative estimate of drug-likeness (QED) is 0.704. The Hall–Kier alpha value is -2.21. The van der Waals surface area contributed by atoms with Gasteiger partial charge in [0.1, 0.15) is 5.82 Å². The third-order valence-corrected chi connectivity index (χ3v) is 4.50. The average molecular weight is 421 g/mol. The highest BCUT2D eigenvalue weighted by Crippen LogP contribution is 2.20. The van der Waals surface area contributed by atoms with Gasteiger partial charge < -0.3 is 10.6 Å². The molecule has 2 N–H and O–H groups in total. The summed E-state index contributed by atoms with van der Waals surface area (Å²) in [4.78, 5) is 24.2. The van der Waals surface area contributed by atoms with E-state index in [1.54, 1.807) is 19.1 Å². The standard InChI is InChI=1S/C20H22BrFN2O2/c1-13-6-7-16(21)12-18(13)24-19(25)8-9-23-20(26)14(2)10-15-4-3-5-17(22)11-15/h3-7,11-12,14H,8-10H2,1-2H3,(H,23,26)(H,24,25). The Morgan fingerprint density at radius 1 is 1.19 bits per heavy atom. The molecule has 0 aliphatic rings. The summed E-state index contributed by atoms with van der Waals surface area (Å²) in [6, 6.07) is 11.9.